The molecule has 0 aliphatic heterocycles. The Balaban J connectivity index is 2.45. The number of rotatable bonds is 3. The lowest BCUT2D eigenvalue weighted by Crippen LogP contribution is -2.24. The second kappa shape index (κ2) is 5.51. The maximum absolute atomic E-state index is 11.1. The highest BCUT2D eigenvalue weighted by molar-refractivity contribution is 5.69. The Morgan fingerprint density at radius 1 is 1.50 bits per heavy atom. The fourth-order valence-corrected chi connectivity index (χ4v) is 2.12. The minimum atomic E-state index is -0.0983. The molecule has 2 nitrogen and oxygen atoms in total. The standard InChI is InChI=1S/C14H24O2/c1-5-13(15)16-10-11-7-6-8-12(9-11)14(2,3)4/h7,12H,5-6,8-10H2,1-4H3. The van der Waals surface area contributed by atoms with E-state index < -0.39 is 0 Å². The monoisotopic (exact) mass is 224 g/mol. The van der Waals surface area contributed by atoms with Crippen molar-refractivity contribution >= 4 is 5.97 Å². The number of hydrogen-bond donors (Lipinski definition) is 0. The van der Waals surface area contributed by atoms with Crippen LogP contribution in [0.5, 0.6) is 0 Å². The van der Waals surface area contributed by atoms with Crippen LogP contribution in [0.2, 0.25) is 0 Å². The molecule has 1 atom stereocenters. The number of hydrogen-bond acceptors (Lipinski definition) is 2. The van der Waals surface area contributed by atoms with Crippen molar-refractivity contribution in [2.75, 3.05) is 6.61 Å². The van der Waals surface area contributed by atoms with Gasteiger partial charge in [0, 0.05) is 6.42 Å². The molecule has 92 valence electrons. The molecule has 1 rings (SSSR count). The molecule has 1 aliphatic rings. The lowest BCUT2D eigenvalue weighted by Gasteiger charge is -2.33. The molecule has 0 saturated heterocycles. The first kappa shape index (κ1) is 13.3. The molecule has 1 aliphatic carbocycles. The van der Waals surface area contributed by atoms with Gasteiger partial charge in [0.15, 0.2) is 0 Å². The van der Waals surface area contributed by atoms with Crippen LogP contribution in [0.3, 0.4) is 0 Å². The number of allylic oxidation sites excluding steroid dienone is 1. The molecule has 0 aromatic heterocycles. The normalized spacial score (nSPS) is 21.5. The van der Waals surface area contributed by atoms with E-state index in [0.29, 0.717) is 24.4 Å². The Hall–Kier alpha value is -0.790. The van der Waals surface area contributed by atoms with Gasteiger partial charge in [-0.25, -0.2) is 0 Å². The van der Waals surface area contributed by atoms with E-state index in [1.165, 1.54) is 12.0 Å². The van der Waals surface area contributed by atoms with Crippen molar-refractivity contribution in [3.63, 3.8) is 0 Å². The molecule has 0 aromatic rings. The highest BCUT2D eigenvalue weighted by Gasteiger charge is 2.27. The molecule has 0 aromatic carbocycles. The van der Waals surface area contributed by atoms with Gasteiger partial charge in [0.25, 0.3) is 0 Å². The second-order valence-electron chi connectivity index (χ2n) is 5.72. The van der Waals surface area contributed by atoms with E-state index in [0.717, 1.165) is 12.8 Å². The summed E-state index contributed by atoms with van der Waals surface area (Å²) in [6, 6.07) is 0. The van der Waals surface area contributed by atoms with E-state index in [4.69, 9.17) is 4.74 Å². The maximum Gasteiger partial charge on any atom is 0.305 e. The summed E-state index contributed by atoms with van der Waals surface area (Å²) < 4.78 is 5.18. The van der Waals surface area contributed by atoms with Gasteiger partial charge in [-0.05, 0) is 36.2 Å². The number of esters is 1. The third-order valence-electron chi connectivity index (χ3n) is 3.39. The van der Waals surface area contributed by atoms with Gasteiger partial charge < -0.3 is 4.74 Å². The SMILES string of the molecule is CCC(=O)OCC1=CCCC(C(C)(C)C)C1. The van der Waals surface area contributed by atoms with Gasteiger partial charge in [-0.2, -0.15) is 0 Å². The maximum atomic E-state index is 11.1. The van der Waals surface area contributed by atoms with Crippen LogP contribution >= 0.6 is 0 Å². The van der Waals surface area contributed by atoms with Crippen LogP contribution in [0.4, 0.5) is 0 Å². The fraction of sp³-hybridized carbons (Fsp3) is 0.786. The molecule has 0 saturated carbocycles. The van der Waals surface area contributed by atoms with E-state index in [-0.39, 0.29) is 5.97 Å². The van der Waals surface area contributed by atoms with Gasteiger partial charge in [0.2, 0.25) is 0 Å². The Kier molecular flexibility index (Phi) is 4.57. The summed E-state index contributed by atoms with van der Waals surface area (Å²) in [5, 5.41) is 0. The lowest BCUT2D eigenvalue weighted by molar-refractivity contribution is -0.142. The Morgan fingerprint density at radius 3 is 2.75 bits per heavy atom. The predicted octanol–water partition coefficient (Wildman–Crippen LogP) is 3.71. The van der Waals surface area contributed by atoms with Crippen LogP contribution in [-0.2, 0) is 9.53 Å². The zero-order chi connectivity index (χ0) is 12.2. The van der Waals surface area contributed by atoms with Crippen LogP contribution < -0.4 is 0 Å². The molecular formula is C14H24O2. The predicted molar refractivity (Wildman–Crippen MR) is 66.1 cm³/mol. The molecule has 0 heterocycles. The molecule has 0 bridgehead atoms. The Morgan fingerprint density at radius 2 is 2.19 bits per heavy atom. The minimum absolute atomic E-state index is 0.0983. The van der Waals surface area contributed by atoms with Crippen LogP contribution in [0.25, 0.3) is 0 Å². The minimum Gasteiger partial charge on any atom is -0.461 e. The van der Waals surface area contributed by atoms with Crippen LogP contribution in [0, 0.1) is 11.3 Å². The molecule has 1 unspecified atom stereocenters. The first-order valence-corrected chi connectivity index (χ1v) is 6.27. The van der Waals surface area contributed by atoms with Crippen molar-refractivity contribution in [1.29, 1.82) is 0 Å². The molecule has 16 heavy (non-hydrogen) atoms. The zero-order valence-electron chi connectivity index (χ0n) is 11.0. The van der Waals surface area contributed by atoms with Crippen molar-refractivity contribution in [3.05, 3.63) is 11.6 Å². The number of ether oxygens (including phenoxy) is 1. The highest BCUT2D eigenvalue weighted by atomic mass is 16.5. The smallest absolute Gasteiger partial charge is 0.305 e. The lowest BCUT2D eigenvalue weighted by atomic mass is 9.72. The van der Waals surface area contributed by atoms with E-state index >= 15 is 0 Å². The summed E-state index contributed by atoms with van der Waals surface area (Å²) in [6.45, 7) is 9.20. The van der Waals surface area contributed by atoms with Gasteiger partial charge in [0.05, 0.1) is 0 Å². The quantitative estimate of drug-likeness (QED) is 0.539. The second-order valence-corrected chi connectivity index (χ2v) is 5.72. The van der Waals surface area contributed by atoms with Crippen molar-refractivity contribution in [1.82, 2.24) is 0 Å². The van der Waals surface area contributed by atoms with Gasteiger partial charge in [0.1, 0.15) is 6.61 Å². The van der Waals surface area contributed by atoms with Gasteiger partial charge in [-0.15, -0.1) is 0 Å². The van der Waals surface area contributed by atoms with Crippen LogP contribution in [0.15, 0.2) is 11.6 Å². The molecular weight excluding hydrogens is 200 g/mol. The van der Waals surface area contributed by atoms with Crippen molar-refractivity contribution in [3.8, 4) is 0 Å². The molecule has 2 heteroatoms. The molecule has 0 amide bonds. The first-order chi connectivity index (χ1) is 7.43. The van der Waals surface area contributed by atoms with E-state index in [2.05, 4.69) is 26.8 Å². The highest BCUT2D eigenvalue weighted by Crippen LogP contribution is 2.37. The van der Waals surface area contributed by atoms with E-state index in [1.807, 2.05) is 6.92 Å². The van der Waals surface area contributed by atoms with E-state index in [1.54, 1.807) is 0 Å². The molecule has 0 N–H and O–H groups in total. The van der Waals surface area contributed by atoms with Gasteiger partial charge in [-0.3, -0.25) is 4.79 Å². The summed E-state index contributed by atoms with van der Waals surface area (Å²) in [6.07, 6.45) is 6.18. The molecule has 0 fully saturated rings. The number of carbonyl (C=O) groups is 1. The summed E-state index contributed by atoms with van der Waals surface area (Å²) >= 11 is 0. The summed E-state index contributed by atoms with van der Waals surface area (Å²) in [4.78, 5) is 11.1. The molecule has 0 radical (unpaired) electrons. The Labute approximate surface area is 99.1 Å². The van der Waals surface area contributed by atoms with Crippen molar-refractivity contribution in [2.45, 2.75) is 53.4 Å². The third kappa shape index (κ3) is 3.99. The average molecular weight is 224 g/mol. The van der Waals surface area contributed by atoms with Crippen molar-refractivity contribution < 1.29 is 9.53 Å². The first-order valence-electron chi connectivity index (χ1n) is 6.27. The Bertz CT molecular complexity index is 271. The van der Waals surface area contributed by atoms with Crippen LogP contribution in [-0.4, -0.2) is 12.6 Å². The zero-order valence-corrected chi connectivity index (χ0v) is 11.0. The number of carbonyl (C=O) groups excluding carboxylic acids is 1. The topological polar surface area (TPSA) is 26.3 Å². The largest absolute Gasteiger partial charge is 0.461 e. The summed E-state index contributed by atoms with van der Waals surface area (Å²) in [5.41, 5.74) is 1.65. The average Bonchev–Trinajstić information content (AvgIpc) is 2.25. The van der Waals surface area contributed by atoms with Crippen LogP contribution in [0.1, 0.15) is 53.4 Å². The fourth-order valence-electron chi connectivity index (χ4n) is 2.12. The summed E-state index contributed by atoms with van der Waals surface area (Å²) in [7, 11) is 0. The van der Waals surface area contributed by atoms with Gasteiger partial charge in [-0.1, -0.05) is 33.8 Å². The van der Waals surface area contributed by atoms with E-state index in [9.17, 15) is 4.79 Å². The third-order valence-corrected chi connectivity index (χ3v) is 3.39. The molecule has 0 spiro atoms. The summed E-state index contributed by atoms with van der Waals surface area (Å²) in [5.74, 6) is 0.617. The van der Waals surface area contributed by atoms with Gasteiger partial charge >= 0.3 is 5.97 Å². The van der Waals surface area contributed by atoms with Crippen molar-refractivity contribution in [2.24, 2.45) is 11.3 Å².